The lowest BCUT2D eigenvalue weighted by atomic mass is 10.1. The van der Waals surface area contributed by atoms with Gasteiger partial charge >= 0.3 is 6.61 Å². The first-order valence-corrected chi connectivity index (χ1v) is 7.07. The van der Waals surface area contributed by atoms with Gasteiger partial charge in [0.05, 0.1) is 23.5 Å². The third-order valence-corrected chi connectivity index (χ3v) is 3.34. The van der Waals surface area contributed by atoms with Gasteiger partial charge in [-0.05, 0) is 37.3 Å². The molecule has 0 aromatic heterocycles. The molecular formula is C16H15ClF2N2O2. The highest BCUT2D eigenvalue weighted by Gasteiger charge is 2.12. The van der Waals surface area contributed by atoms with Crippen molar-refractivity contribution in [3.05, 3.63) is 53.1 Å². The SMILES string of the molecule is COc1cc(/C(C)=N\Nc2ccccc2Cl)ccc1OC(F)F. The second-order valence-corrected chi connectivity index (χ2v) is 4.94. The number of methoxy groups -OCH3 is 1. The number of alkyl halides is 2. The van der Waals surface area contributed by atoms with Crippen LogP contribution in [0.1, 0.15) is 12.5 Å². The molecule has 0 bridgehead atoms. The summed E-state index contributed by atoms with van der Waals surface area (Å²) in [5, 5.41) is 4.77. The first-order chi connectivity index (χ1) is 11.0. The van der Waals surface area contributed by atoms with E-state index in [1.807, 2.05) is 12.1 Å². The first kappa shape index (κ1) is 17.0. The van der Waals surface area contributed by atoms with Crippen molar-refractivity contribution in [2.75, 3.05) is 12.5 Å². The molecule has 0 unspecified atom stereocenters. The molecule has 0 spiro atoms. The smallest absolute Gasteiger partial charge is 0.387 e. The summed E-state index contributed by atoms with van der Waals surface area (Å²) in [6.45, 7) is -1.14. The molecule has 0 amide bonds. The molecule has 2 aromatic carbocycles. The summed E-state index contributed by atoms with van der Waals surface area (Å²) >= 11 is 6.03. The van der Waals surface area contributed by atoms with Crippen LogP contribution in [0.15, 0.2) is 47.6 Å². The molecule has 2 aromatic rings. The highest BCUT2D eigenvalue weighted by atomic mass is 35.5. The van der Waals surface area contributed by atoms with E-state index >= 15 is 0 Å². The Morgan fingerprint density at radius 2 is 1.91 bits per heavy atom. The molecule has 0 aliphatic carbocycles. The molecule has 7 heteroatoms. The van der Waals surface area contributed by atoms with E-state index in [4.69, 9.17) is 16.3 Å². The van der Waals surface area contributed by atoms with E-state index in [-0.39, 0.29) is 11.5 Å². The summed E-state index contributed by atoms with van der Waals surface area (Å²) in [6, 6.07) is 11.8. The third kappa shape index (κ3) is 4.56. The maximum absolute atomic E-state index is 12.3. The van der Waals surface area contributed by atoms with Crippen LogP contribution in [0.5, 0.6) is 11.5 Å². The number of para-hydroxylation sites is 1. The summed E-state index contributed by atoms with van der Waals surface area (Å²) in [6.07, 6.45) is 0. The van der Waals surface area contributed by atoms with E-state index in [0.29, 0.717) is 22.0 Å². The van der Waals surface area contributed by atoms with Crippen molar-refractivity contribution in [2.45, 2.75) is 13.5 Å². The zero-order chi connectivity index (χ0) is 16.8. The second kappa shape index (κ2) is 7.78. The van der Waals surface area contributed by atoms with Gasteiger partial charge in [0.15, 0.2) is 11.5 Å². The Morgan fingerprint density at radius 1 is 1.17 bits per heavy atom. The molecular weight excluding hydrogens is 326 g/mol. The molecule has 4 nitrogen and oxygen atoms in total. The average Bonchev–Trinajstić information content (AvgIpc) is 2.53. The lowest BCUT2D eigenvalue weighted by molar-refractivity contribution is -0.0512. The van der Waals surface area contributed by atoms with Crippen molar-refractivity contribution < 1.29 is 18.3 Å². The van der Waals surface area contributed by atoms with Gasteiger partial charge in [-0.2, -0.15) is 13.9 Å². The van der Waals surface area contributed by atoms with Crippen molar-refractivity contribution >= 4 is 23.0 Å². The molecule has 122 valence electrons. The molecule has 2 rings (SSSR count). The molecule has 0 aliphatic rings. The minimum Gasteiger partial charge on any atom is -0.493 e. The second-order valence-electron chi connectivity index (χ2n) is 4.53. The fraction of sp³-hybridized carbons (Fsp3) is 0.188. The fourth-order valence-electron chi connectivity index (χ4n) is 1.85. The lowest BCUT2D eigenvalue weighted by Gasteiger charge is -2.11. The summed E-state index contributed by atoms with van der Waals surface area (Å²) in [5.74, 6) is 0.174. The zero-order valence-corrected chi connectivity index (χ0v) is 13.3. The maximum Gasteiger partial charge on any atom is 0.387 e. The molecule has 0 heterocycles. The minimum absolute atomic E-state index is 0.0295. The van der Waals surface area contributed by atoms with E-state index in [9.17, 15) is 8.78 Å². The van der Waals surface area contributed by atoms with Gasteiger partial charge < -0.3 is 9.47 Å². The monoisotopic (exact) mass is 340 g/mol. The third-order valence-electron chi connectivity index (χ3n) is 3.02. The van der Waals surface area contributed by atoms with Gasteiger partial charge in [-0.1, -0.05) is 23.7 Å². The van der Waals surface area contributed by atoms with E-state index in [2.05, 4.69) is 15.3 Å². The molecule has 1 N–H and O–H groups in total. The van der Waals surface area contributed by atoms with E-state index in [0.717, 1.165) is 0 Å². The highest BCUT2D eigenvalue weighted by Crippen LogP contribution is 2.29. The Kier molecular flexibility index (Phi) is 5.76. The molecule has 0 aliphatic heterocycles. The molecule has 0 fully saturated rings. The van der Waals surface area contributed by atoms with Crippen LogP contribution in [0.4, 0.5) is 14.5 Å². The molecule has 0 saturated carbocycles. The van der Waals surface area contributed by atoms with Gasteiger partial charge in [-0.3, -0.25) is 5.43 Å². The highest BCUT2D eigenvalue weighted by molar-refractivity contribution is 6.33. The number of halogens is 3. The van der Waals surface area contributed by atoms with Gasteiger partial charge in [-0.15, -0.1) is 0 Å². The number of anilines is 1. The number of ether oxygens (including phenoxy) is 2. The quantitative estimate of drug-likeness (QED) is 0.607. The molecule has 0 atom stereocenters. The Hall–Kier alpha value is -2.34. The molecule has 0 radical (unpaired) electrons. The minimum atomic E-state index is -2.91. The van der Waals surface area contributed by atoms with Crippen LogP contribution in [0.25, 0.3) is 0 Å². The van der Waals surface area contributed by atoms with Crippen molar-refractivity contribution in [1.82, 2.24) is 0 Å². The Bertz CT molecular complexity index is 708. The molecule has 0 saturated heterocycles. The van der Waals surface area contributed by atoms with Crippen LogP contribution in [-0.4, -0.2) is 19.4 Å². The fourth-order valence-corrected chi connectivity index (χ4v) is 2.02. The van der Waals surface area contributed by atoms with Crippen LogP contribution >= 0.6 is 11.6 Å². The number of rotatable bonds is 6. The van der Waals surface area contributed by atoms with E-state index < -0.39 is 6.61 Å². The summed E-state index contributed by atoms with van der Waals surface area (Å²) in [4.78, 5) is 0. The van der Waals surface area contributed by atoms with Gasteiger partial charge in [0.1, 0.15) is 0 Å². The van der Waals surface area contributed by atoms with Gasteiger partial charge in [0.2, 0.25) is 0 Å². The number of nitrogens with zero attached hydrogens (tertiary/aromatic N) is 1. The van der Waals surface area contributed by atoms with Crippen LogP contribution in [-0.2, 0) is 0 Å². The standard InChI is InChI=1S/C16H15ClF2N2O2/c1-10(20-21-13-6-4-3-5-12(13)17)11-7-8-14(23-16(18)19)15(9-11)22-2/h3-9,16,21H,1-2H3/b20-10-. The zero-order valence-electron chi connectivity index (χ0n) is 12.5. The molecule has 23 heavy (non-hydrogen) atoms. The predicted molar refractivity (Wildman–Crippen MR) is 86.9 cm³/mol. The normalized spacial score (nSPS) is 11.5. The number of hydrazone groups is 1. The van der Waals surface area contributed by atoms with Gasteiger partial charge in [0, 0.05) is 5.56 Å². The Labute approximate surface area is 137 Å². The van der Waals surface area contributed by atoms with Gasteiger partial charge in [-0.25, -0.2) is 0 Å². The largest absolute Gasteiger partial charge is 0.493 e. The number of hydrogen-bond donors (Lipinski definition) is 1. The maximum atomic E-state index is 12.3. The Balaban J connectivity index is 2.20. The average molecular weight is 341 g/mol. The van der Waals surface area contributed by atoms with E-state index in [1.165, 1.54) is 13.2 Å². The van der Waals surface area contributed by atoms with Crippen LogP contribution in [0.2, 0.25) is 5.02 Å². The number of hydrogen-bond acceptors (Lipinski definition) is 4. The van der Waals surface area contributed by atoms with E-state index in [1.54, 1.807) is 31.2 Å². The van der Waals surface area contributed by atoms with Crippen molar-refractivity contribution in [3.8, 4) is 11.5 Å². The van der Waals surface area contributed by atoms with Crippen molar-refractivity contribution in [2.24, 2.45) is 5.10 Å². The van der Waals surface area contributed by atoms with Crippen LogP contribution in [0, 0.1) is 0 Å². The Morgan fingerprint density at radius 3 is 2.57 bits per heavy atom. The number of benzene rings is 2. The van der Waals surface area contributed by atoms with Crippen LogP contribution in [0.3, 0.4) is 0 Å². The predicted octanol–water partition coefficient (Wildman–Crippen LogP) is 4.79. The summed E-state index contributed by atoms with van der Waals surface area (Å²) < 4.78 is 34.1. The number of nitrogens with one attached hydrogen (secondary N) is 1. The first-order valence-electron chi connectivity index (χ1n) is 6.69. The summed E-state index contributed by atoms with van der Waals surface area (Å²) in [5.41, 5.74) is 4.85. The van der Waals surface area contributed by atoms with Crippen LogP contribution < -0.4 is 14.9 Å². The van der Waals surface area contributed by atoms with Crippen molar-refractivity contribution in [3.63, 3.8) is 0 Å². The van der Waals surface area contributed by atoms with Gasteiger partial charge in [0.25, 0.3) is 0 Å². The van der Waals surface area contributed by atoms with Crippen molar-refractivity contribution in [1.29, 1.82) is 0 Å². The lowest BCUT2D eigenvalue weighted by Crippen LogP contribution is -2.05. The summed E-state index contributed by atoms with van der Waals surface area (Å²) in [7, 11) is 1.38. The topological polar surface area (TPSA) is 42.8 Å².